The molecule has 4 heteroatoms. The van der Waals surface area contributed by atoms with E-state index in [2.05, 4.69) is 16.5 Å². The summed E-state index contributed by atoms with van der Waals surface area (Å²) in [6.45, 7) is 3.68. The van der Waals surface area contributed by atoms with Crippen LogP contribution < -0.4 is 0 Å². The molecule has 1 atom stereocenters. The SMILES string of the molecule is C=Cc1ccc(C(=O)[C@@H](C#N)c2nc3ccccc3[nH]2)cc1. The van der Waals surface area contributed by atoms with Crippen molar-refractivity contribution in [1.82, 2.24) is 9.97 Å². The average molecular weight is 287 g/mol. The number of aromatic amines is 1. The number of imidazole rings is 1. The number of fused-ring (bicyclic) bond motifs is 1. The van der Waals surface area contributed by atoms with Gasteiger partial charge in [-0.05, 0) is 17.7 Å². The summed E-state index contributed by atoms with van der Waals surface area (Å²) in [5, 5.41) is 9.39. The number of nitriles is 1. The van der Waals surface area contributed by atoms with E-state index in [1.807, 2.05) is 30.3 Å². The highest BCUT2D eigenvalue weighted by atomic mass is 16.1. The van der Waals surface area contributed by atoms with Gasteiger partial charge in [-0.1, -0.05) is 49.1 Å². The molecule has 0 saturated carbocycles. The van der Waals surface area contributed by atoms with Crippen LogP contribution in [0.2, 0.25) is 0 Å². The fourth-order valence-corrected chi connectivity index (χ4v) is 2.30. The molecule has 0 unspecified atom stereocenters. The van der Waals surface area contributed by atoms with Crippen LogP contribution in [-0.2, 0) is 0 Å². The zero-order valence-corrected chi connectivity index (χ0v) is 11.8. The van der Waals surface area contributed by atoms with Crippen LogP contribution in [0.1, 0.15) is 27.7 Å². The molecular formula is C18H13N3O. The molecule has 1 N–H and O–H groups in total. The van der Waals surface area contributed by atoms with Crippen LogP contribution in [0.5, 0.6) is 0 Å². The maximum absolute atomic E-state index is 12.5. The Balaban J connectivity index is 1.97. The molecule has 0 fully saturated rings. The number of aromatic nitrogens is 2. The van der Waals surface area contributed by atoms with Crippen molar-refractivity contribution in [2.24, 2.45) is 0 Å². The van der Waals surface area contributed by atoms with E-state index in [9.17, 15) is 10.1 Å². The van der Waals surface area contributed by atoms with Gasteiger partial charge in [0.1, 0.15) is 5.82 Å². The number of para-hydroxylation sites is 2. The highest BCUT2D eigenvalue weighted by molar-refractivity contribution is 6.02. The van der Waals surface area contributed by atoms with Crippen molar-refractivity contribution in [2.75, 3.05) is 0 Å². The van der Waals surface area contributed by atoms with Crippen LogP contribution in [0.25, 0.3) is 17.1 Å². The van der Waals surface area contributed by atoms with Gasteiger partial charge in [-0.15, -0.1) is 0 Å². The molecule has 0 aliphatic carbocycles. The summed E-state index contributed by atoms with van der Waals surface area (Å²) in [5.74, 6) is -0.833. The number of carbonyl (C=O) groups is 1. The lowest BCUT2D eigenvalue weighted by Gasteiger charge is -2.05. The third-order valence-corrected chi connectivity index (χ3v) is 3.50. The van der Waals surface area contributed by atoms with Crippen molar-refractivity contribution in [3.8, 4) is 6.07 Å². The van der Waals surface area contributed by atoms with Gasteiger partial charge in [0.2, 0.25) is 0 Å². The number of carbonyl (C=O) groups excluding carboxylic acids is 1. The molecule has 0 saturated heterocycles. The summed E-state index contributed by atoms with van der Waals surface area (Å²) in [6, 6.07) is 16.5. The van der Waals surface area contributed by atoms with Gasteiger partial charge in [0.25, 0.3) is 0 Å². The second-order valence-corrected chi connectivity index (χ2v) is 4.89. The molecule has 0 spiro atoms. The Bertz CT molecular complexity index is 852. The highest BCUT2D eigenvalue weighted by Crippen LogP contribution is 2.21. The van der Waals surface area contributed by atoms with Crippen molar-refractivity contribution >= 4 is 22.9 Å². The normalized spacial score (nSPS) is 11.8. The maximum atomic E-state index is 12.5. The molecule has 0 bridgehead atoms. The molecule has 1 heterocycles. The molecule has 1 aromatic heterocycles. The first kappa shape index (κ1) is 13.8. The third kappa shape index (κ3) is 2.40. The zero-order valence-electron chi connectivity index (χ0n) is 11.8. The largest absolute Gasteiger partial charge is 0.340 e. The van der Waals surface area contributed by atoms with Crippen molar-refractivity contribution in [1.29, 1.82) is 5.26 Å². The molecule has 3 aromatic rings. The van der Waals surface area contributed by atoms with Crippen LogP contribution >= 0.6 is 0 Å². The zero-order chi connectivity index (χ0) is 15.5. The fourth-order valence-electron chi connectivity index (χ4n) is 2.30. The smallest absolute Gasteiger partial charge is 0.187 e. The van der Waals surface area contributed by atoms with Crippen LogP contribution in [0.4, 0.5) is 0 Å². The lowest BCUT2D eigenvalue weighted by molar-refractivity contribution is 0.0976. The molecule has 0 amide bonds. The van der Waals surface area contributed by atoms with Crippen molar-refractivity contribution in [3.63, 3.8) is 0 Å². The molecule has 4 nitrogen and oxygen atoms in total. The lowest BCUT2D eigenvalue weighted by atomic mass is 9.97. The summed E-state index contributed by atoms with van der Waals surface area (Å²) in [4.78, 5) is 19.9. The molecule has 0 aliphatic heterocycles. The number of hydrogen-bond acceptors (Lipinski definition) is 3. The quantitative estimate of drug-likeness (QED) is 0.744. The van der Waals surface area contributed by atoms with Crippen LogP contribution in [0.15, 0.2) is 55.1 Å². The van der Waals surface area contributed by atoms with Crippen molar-refractivity contribution in [3.05, 3.63) is 72.1 Å². The standard InChI is InChI=1S/C18H13N3O/c1-2-12-7-9-13(10-8-12)17(22)14(11-19)18-20-15-5-3-4-6-16(15)21-18/h2-10,14H,1H2,(H,20,21)/t14-/m1/s1. The number of nitrogens with one attached hydrogen (secondary N) is 1. The monoisotopic (exact) mass is 287 g/mol. The Kier molecular flexibility index (Phi) is 3.55. The minimum Gasteiger partial charge on any atom is -0.340 e. The Morgan fingerprint density at radius 2 is 1.95 bits per heavy atom. The first-order valence-electron chi connectivity index (χ1n) is 6.84. The van der Waals surface area contributed by atoms with E-state index in [4.69, 9.17) is 0 Å². The van der Waals surface area contributed by atoms with Gasteiger partial charge in [0.05, 0.1) is 17.1 Å². The summed E-state index contributed by atoms with van der Waals surface area (Å²) in [6.07, 6.45) is 1.70. The molecule has 3 rings (SSSR count). The highest BCUT2D eigenvalue weighted by Gasteiger charge is 2.24. The number of Topliss-reactive ketones (excluding diaryl/α,β-unsaturated/α-hetero) is 1. The summed E-state index contributed by atoms with van der Waals surface area (Å²) >= 11 is 0. The predicted octanol–water partition coefficient (Wildman–Crippen LogP) is 3.70. The number of rotatable bonds is 4. The average Bonchev–Trinajstić information content (AvgIpc) is 2.99. The third-order valence-electron chi connectivity index (χ3n) is 3.50. The van der Waals surface area contributed by atoms with E-state index in [-0.39, 0.29) is 5.78 Å². The topological polar surface area (TPSA) is 69.5 Å². The molecule has 2 aromatic carbocycles. The van der Waals surface area contributed by atoms with Gasteiger partial charge in [-0.2, -0.15) is 5.26 Å². The molecule has 0 radical (unpaired) electrons. The van der Waals surface area contributed by atoms with E-state index >= 15 is 0 Å². The maximum Gasteiger partial charge on any atom is 0.187 e. The fraction of sp³-hybridized carbons (Fsp3) is 0.0556. The number of benzene rings is 2. The van der Waals surface area contributed by atoms with E-state index in [1.54, 1.807) is 30.3 Å². The van der Waals surface area contributed by atoms with E-state index < -0.39 is 5.92 Å². The second kappa shape index (κ2) is 5.66. The first-order valence-corrected chi connectivity index (χ1v) is 6.84. The molecular weight excluding hydrogens is 274 g/mol. The predicted molar refractivity (Wildman–Crippen MR) is 85.3 cm³/mol. The van der Waals surface area contributed by atoms with Gasteiger partial charge < -0.3 is 4.98 Å². The lowest BCUT2D eigenvalue weighted by Crippen LogP contribution is -2.12. The van der Waals surface area contributed by atoms with Gasteiger partial charge in [-0.25, -0.2) is 4.98 Å². The summed E-state index contributed by atoms with van der Waals surface area (Å²) < 4.78 is 0. The van der Waals surface area contributed by atoms with Gasteiger partial charge in [0.15, 0.2) is 11.7 Å². The van der Waals surface area contributed by atoms with Crippen LogP contribution in [0, 0.1) is 11.3 Å². The van der Waals surface area contributed by atoms with Gasteiger partial charge in [0, 0.05) is 5.56 Å². The Labute approximate surface area is 127 Å². The Hall–Kier alpha value is -3.19. The van der Waals surface area contributed by atoms with Gasteiger partial charge >= 0.3 is 0 Å². The second-order valence-electron chi connectivity index (χ2n) is 4.89. The number of ketones is 1. The van der Waals surface area contributed by atoms with Crippen molar-refractivity contribution < 1.29 is 4.79 Å². The Morgan fingerprint density at radius 1 is 1.23 bits per heavy atom. The van der Waals surface area contributed by atoms with E-state index in [0.29, 0.717) is 11.4 Å². The van der Waals surface area contributed by atoms with E-state index in [0.717, 1.165) is 16.6 Å². The minimum atomic E-state index is -0.943. The Morgan fingerprint density at radius 3 is 2.59 bits per heavy atom. The minimum absolute atomic E-state index is 0.267. The molecule has 22 heavy (non-hydrogen) atoms. The van der Waals surface area contributed by atoms with Gasteiger partial charge in [-0.3, -0.25) is 4.79 Å². The van der Waals surface area contributed by atoms with Crippen LogP contribution in [0.3, 0.4) is 0 Å². The molecule has 0 aliphatic rings. The number of hydrogen-bond donors (Lipinski definition) is 1. The summed E-state index contributed by atoms with van der Waals surface area (Å²) in [5.41, 5.74) is 2.96. The first-order chi connectivity index (χ1) is 10.7. The number of nitrogens with zero attached hydrogens (tertiary/aromatic N) is 2. The number of H-pyrrole nitrogens is 1. The van der Waals surface area contributed by atoms with Crippen LogP contribution in [-0.4, -0.2) is 15.8 Å². The van der Waals surface area contributed by atoms with E-state index in [1.165, 1.54) is 0 Å². The summed E-state index contributed by atoms with van der Waals surface area (Å²) in [7, 11) is 0. The van der Waals surface area contributed by atoms with Crippen molar-refractivity contribution in [2.45, 2.75) is 5.92 Å². The molecule has 106 valence electrons.